The van der Waals surface area contributed by atoms with Gasteiger partial charge in [-0.2, -0.15) is 0 Å². The highest BCUT2D eigenvalue weighted by molar-refractivity contribution is 5.67. The predicted octanol–water partition coefficient (Wildman–Crippen LogP) is 3.13. The summed E-state index contributed by atoms with van der Waals surface area (Å²) in [4.78, 5) is 11.1. The molecule has 3 heteroatoms. The zero-order chi connectivity index (χ0) is 14.1. The van der Waals surface area contributed by atoms with Crippen LogP contribution in [0.4, 0.5) is 0 Å². The molecule has 0 radical (unpaired) electrons. The summed E-state index contributed by atoms with van der Waals surface area (Å²) in [5, 5.41) is 9.13. The summed E-state index contributed by atoms with van der Waals surface area (Å²) >= 11 is 0. The highest BCUT2D eigenvalue weighted by atomic mass is 16.4. The molecule has 3 N–H and O–H groups in total. The standard InChI is InChI=1S/C15H29NO2/c1-10(2)11-6-15(9-16,8-13(17)18)7-12(11)14(3,4)5/h10-12H,6-9,16H2,1-5H3,(H,17,18). The van der Waals surface area contributed by atoms with E-state index in [0.717, 1.165) is 12.8 Å². The third-order valence-electron chi connectivity index (χ3n) is 4.77. The lowest BCUT2D eigenvalue weighted by atomic mass is 9.71. The van der Waals surface area contributed by atoms with E-state index in [1.165, 1.54) is 0 Å². The molecule has 0 bridgehead atoms. The van der Waals surface area contributed by atoms with E-state index in [4.69, 9.17) is 10.8 Å². The number of carboxylic acids is 1. The van der Waals surface area contributed by atoms with Crippen molar-refractivity contribution in [2.45, 2.75) is 53.9 Å². The van der Waals surface area contributed by atoms with Crippen LogP contribution in [0.15, 0.2) is 0 Å². The average Bonchev–Trinajstić information content (AvgIpc) is 2.57. The van der Waals surface area contributed by atoms with Crippen LogP contribution in [0.3, 0.4) is 0 Å². The Morgan fingerprint density at radius 1 is 1.39 bits per heavy atom. The van der Waals surface area contributed by atoms with Crippen LogP contribution in [0.1, 0.15) is 53.9 Å². The molecule has 0 aromatic rings. The van der Waals surface area contributed by atoms with Crippen molar-refractivity contribution in [2.24, 2.45) is 34.3 Å². The number of carbonyl (C=O) groups is 1. The molecule has 1 rings (SSSR count). The lowest BCUT2D eigenvalue weighted by molar-refractivity contribution is -0.139. The second kappa shape index (κ2) is 5.20. The van der Waals surface area contributed by atoms with Crippen molar-refractivity contribution in [2.75, 3.05) is 6.54 Å². The number of rotatable bonds is 4. The van der Waals surface area contributed by atoms with Crippen LogP contribution in [-0.4, -0.2) is 17.6 Å². The first-order valence-corrected chi connectivity index (χ1v) is 7.03. The molecule has 0 aromatic heterocycles. The van der Waals surface area contributed by atoms with Crippen molar-refractivity contribution < 1.29 is 9.90 Å². The fourth-order valence-corrected chi connectivity index (χ4v) is 3.70. The van der Waals surface area contributed by atoms with Crippen LogP contribution in [0.25, 0.3) is 0 Å². The Hall–Kier alpha value is -0.570. The van der Waals surface area contributed by atoms with Crippen LogP contribution in [-0.2, 0) is 4.79 Å². The molecule has 3 atom stereocenters. The van der Waals surface area contributed by atoms with Gasteiger partial charge < -0.3 is 10.8 Å². The lowest BCUT2D eigenvalue weighted by Crippen LogP contribution is -2.31. The molecule has 0 amide bonds. The van der Waals surface area contributed by atoms with Crippen molar-refractivity contribution >= 4 is 5.97 Å². The quantitative estimate of drug-likeness (QED) is 0.811. The summed E-state index contributed by atoms with van der Waals surface area (Å²) in [6.45, 7) is 11.8. The fraction of sp³-hybridized carbons (Fsp3) is 0.933. The predicted molar refractivity (Wildman–Crippen MR) is 74.2 cm³/mol. The number of carboxylic acid groups (broad SMARTS) is 1. The van der Waals surface area contributed by atoms with Crippen molar-refractivity contribution in [3.8, 4) is 0 Å². The first-order chi connectivity index (χ1) is 8.11. The molecule has 0 heterocycles. The number of aliphatic carboxylic acids is 1. The summed E-state index contributed by atoms with van der Waals surface area (Å²) in [7, 11) is 0. The van der Waals surface area contributed by atoms with Crippen molar-refractivity contribution in [1.29, 1.82) is 0 Å². The van der Waals surface area contributed by atoms with Gasteiger partial charge in [-0.15, -0.1) is 0 Å². The normalized spacial score (nSPS) is 33.1. The Kier molecular flexibility index (Phi) is 4.47. The number of hydrogen-bond acceptors (Lipinski definition) is 2. The van der Waals surface area contributed by atoms with Gasteiger partial charge in [-0.3, -0.25) is 4.79 Å². The van der Waals surface area contributed by atoms with E-state index in [2.05, 4.69) is 34.6 Å². The maximum absolute atomic E-state index is 11.1. The summed E-state index contributed by atoms with van der Waals surface area (Å²) in [6.07, 6.45) is 2.15. The molecule has 1 aliphatic carbocycles. The molecule has 0 saturated heterocycles. The van der Waals surface area contributed by atoms with Crippen molar-refractivity contribution in [1.82, 2.24) is 0 Å². The van der Waals surface area contributed by atoms with Gasteiger partial charge in [-0.25, -0.2) is 0 Å². The SMILES string of the molecule is CC(C)C1CC(CN)(CC(=O)O)CC1C(C)(C)C. The van der Waals surface area contributed by atoms with Crippen LogP contribution in [0.5, 0.6) is 0 Å². The third kappa shape index (κ3) is 3.25. The van der Waals surface area contributed by atoms with Crippen LogP contribution in [0.2, 0.25) is 0 Å². The lowest BCUT2D eigenvalue weighted by Gasteiger charge is -2.34. The number of hydrogen-bond donors (Lipinski definition) is 2. The molecule has 3 unspecified atom stereocenters. The largest absolute Gasteiger partial charge is 0.481 e. The summed E-state index contributed by atoms with van der Waals surface area (Å²) in [5.74, 6) is 1.04. The topological polar surface area (TPSA) is 63.3 Å². The summed E-state index contributed by atoms with van der Waals surface area (Å²) in [6, 6.07) is 0. The van der Waals surface area contributed by atoms with Crippen molar-refractivity contribution in [3.63, 3.8) is 0 Å². The molecular formula is C15H29NO2. The second-order valence-corrected chi connectivity index (χ2v) is 7.56. The minimum Gasteiger partial charge on any atom is -0.481 e. The van der Waals surface area contributed by atoms with E-state index in [0.29, 0.717) is 24.3 Å². The van der Waals surface area contributed by atoms with Gasteiger partial charge in [0.2, 0.25) is 0 Å². The molecule has 0 aromatic carbocycles. The van der Waals surface area contributed by atoms with Gasteiger partial charge in [-0.1, -0.05) is 34.6 Å². The molecule has 1 fully saturated rings. The summed E-state index contributed by atoms with van der Waals surface area (Å²) in [5.41, 5.74) is 5.97. The minimum atomic E-state index is -0.711. The Morgan fingerprint density at radius 2 is 1.94 bits per heavy atom. The maximum atomic E-state index is 11.1. The van der Waals surface area contributed by atoms with E-state index in [1.54, 1.807) is 0 Å². The minimum absolute atomic E-state index is 0.182. The van der Waals surface area contributed by atoms with Crippen LogP contribution < -0.4 is 5.73 Å². The molecule has 3 nitrogen and oxygen atoms in total. The highest BCUT2D eigenvalue weighted by Gasteiger charge is 2.49. The third-order valence-corrected chi connectivity index (χ3v) is 4.77. The van der Waals surface area contributed by atoms with Gasteiger partial charge in [0.1, 0.15) is 0 Å². The van der Waals surface area contributed by atoms with E-state index >= 15 is 0 Å². The zero-order valence-corrected chi connectivity index (χ0v) is 12.5. The highest BCUT2D eigenvalue weighted by Crippen LogP contribution is 2.55. The molecule has 18 heavy (non-hydrogen) atoms. The first kappa shape index (κ1) is 15.5. The fourth-order valence-electron chi connectivity index (χ4n) is 3.70. The first-order valence-electron chi connectivity index (χ1n) is 7.03. The molecule has 1 aliphatic rings. The van der Waals surface area contributed by atoms with Crippen molar-refractivity contribution in [3.05, 3.63) is 0 Å². The Bertz CT molecular complexity index is 306. The molecule has 1 saturated carbocycles. The average molecular weight is 255 g/mol. The van der Waals surface area contributed by atoms with E-state index < -0.39 is 5.97 Å². The molecular weight excluding hydrogens is 226 g/mol. The summed E-state index contributed by atoms with van der Waals surface area (Å²) < 4.78 is 0. The molecule has 106 valence electrons. The van der Waals surface area contributed by atoms with Gasteiger partial charge in [-0.05, 0) is 48.0 Å². The van der Waals surface area contributed by atoms with E-state index in [1.807, 2.05) is 0 Å². The van der Waals surface area contributed by atoms with Gasteiger partial charge in [0.25, 0.3) is 0 Å². The smallest absolute Gasteiger partial charge is 0.303 e. The van der Waals surface area contributed by atoms with Gasteiger partial charge in [0.05, 0.1) is 6.42 Å². The Morgan fingerprint density at radius 3 is 2.22 bits per heavy atom. The van der Waals surface area contributed by atoms with E-state index in [-0.39, 0.29) is 17.3 Å². The van der Waals surface area contributed by atoms with Gasteiger partial charge in [0, 0.05) is 0 Å². The Balaban J connectivity index is 2.98. The van der Waals surface area contributed by atoms with Gasteiger partial charge in [0.15, 0.2) is 0 Å². The maximum Gasteiger partial charge on any atom is 0.303 e. The van der Waals surface area contributed by atoms with Gasteiger partial charge >= 0.3 is 5.97 Å². The molecule has 0 spiro atoms. The number of nitrogens with two attached hydrogens (primary N) is 1. The Labute approximate surface area is 111 Å². The zero-order valence-electron chi connectivity index (χ0n) is 12.5. The van der Waals surface area contributed by atoms with Crippen LogP contribution >= 0.6 is 0 Å². The second-order valence-electron chi connectivity index (χ2n) is 7.56. The monoisotopic (exact) mass is 255 g/mol. The molecule has 0 aliphatic heterocycles. The van der Waals surface area contributed by atoms with E-state index in [9.17, 15) is 4.79 Å². The van der Waals surface area contributed by atoms with Crippen LogP contribution in [0, 0.1) is 28.6 Å².